The third kappa shape index (κ3) is 5.96. The molecule has 10 nitrogen and oxygen atoms in total. The second-order valence-corrected chi connectivity index (χ2v) is 12.5. The van der Waals surface area contributed by atoms with Crippen molar-refractivity contribution in [3.8, 4) is 0 Å². The Balaban J connectivity index is 1.42. The Bertz CT molecular complexity index is 1220. The third-order valence-corrected chi connectivity index (χ3v) is 10.7. The Morgan fingerprint density at radius 2 is 1.64 bits per heavy atom. The van der Waals surface area contributed by atoms with Gasteiger partial charge in [-0.3, -0.25) is 14.8 Å². The number of carbonyl (C=O) groups excluding carboxylic acids is 2. The highest BCUT2D eigenvalue weighted by molar-refractivity contribution is 7.93. The van der Waals surface area contributed by atoms with Gasteiger partial charge in [0.05, 0.1) is 11.5 Å². The number of ether oxygens (including phenoxy) is 1. The highest BCUT2D eigenvalue weighted by atomic mass is 32.2. The number of carbonyl (C=O) groups is 2. The molecule has 2 heterocycles. The molecule has 2 N–H and O–H groups in total. The van der Waals surface area contributed by atoms with Gasteiger partial charge in [-0.2, -0.15) is 0 Å². The molecule has 2 saturated heterocycles. The summed E-state index contributed by atoms with van der Waals surface area (Å²) in [7, 11) is -0.674. The van der Waals surface area contributed by atoms with Crippen molar-refractivity contribution in [1.82, 2.24) is 10.4 Å². The van der Waals surface area contributed by atoms with Gasteiger partial charge in [0, 0.05) is 64.2 Å². The second-order valence-electron chi connectivity index (χ2n) is 10.3. The molecule has 11 heteroatoms. The van der Waals surface area contributed by atoms with Crippen LogP contribution in [-0.2, 0) is 24.2 Å². The first-order valence-electron chi connectivity index (χ1n) is 13.3. The van der Waals surface area contributed by atoms with Crippen LogP contribution in [0.5, 0.6) is 0 Å². The standard InChI is InChI=1S/C28H38N4O6S/c1-30(23-6-4-3-5-7-23)26(33)22-12-16-32(17-13-22)24-8-10-25(11-9-24)39(36,37)28(27(34)29-35)14-18-31(19-15-28)20-21-38-2/h3-11,22,35H,12-21H2,1-2H3,(H,29,34). The Morgan fingerprint density at radius 1 is 1.03 bits per heavy atom. The van der Waals surface area contributed by atoms with Crippen LogP contribution in [0.15, 0.2) is 59.5 Å². The lowest BCUT2D eigenvalue weighted by molar-refractivity contribution is -0.133. The molecule has 39 heavy (non-hydrogen) atoms. The van der Waals surface area contributed by atoms with E-state index in [0.717, 1.165) is 11.4 Å². The molecule has 0 atom stereocenters. The molecule has 0 bridgehead atoms. The van der Waals surface area contributed by atoms with Crippen molar-refractivity contribution in [2.24, 2.45) is 5.92 Å². The molecular weight excluding hydrogens is 520 g/mol. The maximum Gasteiger partial charge on any atom is 0.265 e. The fourth-order valence-corrected chi connectivity index (χ4v) is 7.53. The van der Waals surface area contributed by atoms with Crippen LogP contribution < -0.4 is 15.3 Å². The van der Waals surface area contributed by atoms with Crippen molar-refractivity contribution in [3.63, 3.8) is 0 Å². The number of rotatable bonds is 9. The number of piperidine rings is 2. The van der Waals surface area contributed by atoms with E-state index in [9.17, 15) is 23.2 Å². The van der Waals surface area contributed by atoms with Crippen LogP contribution in [0.3, 0.4) is 0 Å². The number of para-hydroxylation sites is 1. The first kappa shape index (κ1) is 29.0. The number of anilines is 2. The van der Waals surface area contributed by atoms with Gasteiger partial charge in [-0.15, -0.1) is 0 Å². The van der Waals surface area contributed by atoms with Crippen LogP contribution in [0.1, 0.15) is 25.7 Å². The minimum Gasteiger partial charge on any atom is -0.383 e. The number of benzene rings is 2. The smallest absolute Gasteiger partial charge is 0.265 e. The summed E-state index contributed by atoms with van der Waals surface area (Å²) in [4.78, 5) is 31.7. The molecule has 0 radical (unpaired) electrons. The van der Waals surface area contributed by atoms with E-state index >= 15 is 0 Å². The van der Waals surface area contributed by atoms with Crippen LogP contribution in [0.2, 0.25) is 0 Å². The summed E-state index contributed by atoms with van der Waals surface area (Å²) in [6.45, 7) is 3.33. The van der Waals surface area contributed by atoms with E-state index in [2.05, 4.69) is 9.80 Å². The van der Waals surface area contributed by atoms with Gasteiger partial charge in [0.25, 0.3) is 5.91 Å². The zero-order valence-electron chi connectivity index (χ0n) is 22.6. The Kier molecular flexibility index (Phi) is 9.27. The Labute approximate surface area is 230 Å². The van der Waals surface area contributed by atoms with E-state index in [0.29, 0.717) is 52.2 Å². The van der Waals surface area contributed by atoms with E-state index in [1.807, 2.05) is 30.3 Å². The van der Waals surface area contributed by atoms with Gasteiger partial charge in [0.1, 0.15) is 0 Å². The SMILES string of the molecule is COCCN1CCC(C(=O)NO)(S(=O)(=O)c2ccc(N3CCC(C(=O)N(C)c4ccccc4)CC3)cc2)CC1. The lowest BCUT2D eigenvalue weighted by atomic mass is 9.94. The molecular formula is C28H38N4O6S. The summed E-state index contributed by atoms with van der Waals surface area (Å²) in [5.41, 5.74) is 3.34. The van der Waals surface area contributed by atoms with E-state index in [-0.39, 0.29) is 29.6 Å². The number of amides is 2. The number of sulfone groups is 1. The number of hydrogen-bond donors (Lipinski definition) is 2. The summed E-state index contributed by atoms with van der Waals surface area (Å²) in [5, 5.41) is 9.41. The summed E-state index contributed by atoms with van der Waals surface area (Å²) in [6.07, 6.45) is 1.56. The van der Waals surface area contributed by atoms with E-state index < -0.39 is 20.5 Å². The quantitative estimate of drug-likeness (QED) is 0.356. The fourth-order valence-electron chi connectivity index (χ4n) is 5.58. The zero-order valence-corrected chi connectivity index (χ0v) is 23.4. The average Bonchev–Trinajstić information content (AvgIpc) is 2.99. The van der Waals surface area contributed by atoms with E-state index in [1.54, 1.807) is 36.7 Å². The number of hydroxylamine groups is 1. The molecule has 2 aliphatic rings. The molecule has 2 aromatic rings. The molecule has 4 rings (SSSR count). The van der Waals surface area contributed by atoms with Crippen molar-refractivity contribution in [2.75, 3.05) is 63.3 Å². The highest BCUT2D eigenvalue weighted by Gasteiger charge is 2.52. The van der Waals surface area contributed by atoms with Crippen LogP contribution in [0, 0.1) is 5.92 Å². The van der Waals surface area contributed by atoms with Crippen molar-refractivity contribution in [1.29, 1.82) is 0 Å². The van der Waals surface area contributed by atoms with Crippen molar-refractivity contribution < 1.29 is 28.0 Å². The minimum absolute atomic E-state index is 0.0507. The van der Waals surface area contributed by atoms with Crippen LogP contribution >= 0.6 is 0 Å². The van der Waals surface area contributed by atoms with Gasteiger partial charge < -0.3 is 19.4 Å². The number of nitrogens with one attached hydrogen (secondary N) is 1. The van der Waals surface area contributed by atoms with Crippen LogP contribution in [-0.4, -0.2) is 88.6 Å². The summed E-state index contributed by atoms with van der Waals surface area (Å²) in [5.74, 6) is -0.870. The second kappa shape index (κ2) is 12.5. The predicted molar refractivity (Wildman–Crippen MR) is 149 cm³/mol. The average molecular weight is 559 g/mol. The Morgan fingerprint density at radius 3 is 2.21 bits per heavy atom. The molecule has 2 aliphatic heterocycles. The van der Waals surface area contributed by atoms with Crippen molar-refractivity contribution >= 4 is 33.0 Å². The van der Waals surface area contributed by atoms with Gasteiger partial charge >= 0.3 is 0 Å². The molecule has 0 saturated carbocycles. The lowest BCUT2D eigenvalue weighted by Crippen LogP contribution is -2.58. The topological polar surface area (TPSA) is 119 Å². The summed E-state index contributed by atoms with van der Waals surface area (Å²) in [6, 6.07) is 16.2. The summed E-state index contributed by atoms with van der Waals surface area (Å²) < 4.78 is 30.9. The fraction of sp³-hybridized carbons (Fsp3) is 0.500. The number of likely N-dealkylation sites (tertiary alicyclic amines) is 1. The maximum absolute atomic E-state index is 13.7. The minimum atomic E-state index is -4.08. The van der Waals surface area contributed by atoms with Gasteiger partial charge in [-0.05, 0) is 62.1 Å². The van der Waals surface area contributed by atoms with Gasteiger partial charge in [0.15, 0.2) is 14.6 Å². The molecule has 2 aromatic carbocycles. The molecule has 0 aliphatic carbocycles. The monoisotopic (exact) mass is 558 g/mol. The van der Waals surface area contributed by atoms with Gasteiger partial charge in [0.2, 0.25) is 5.91 Å². The normalized spacial score (nSPS) is 18.5. The maximum atomic E-state index is 13.7. The zero-order chi connectivity index (χ0) is 28.0. The number of nitrogens with zero attached hydrogens (tertiary/aromatic N) is 3. The Hall–Kier alpha value is -2.99. The predicted octanol–water partition coefficient (Wildman–Crippen LogP) is 2.33. The third-order valence-electron chi connectivity index (χ3n) is 8.14. The van der Waals surface area contributed by atoms with Crippen molar-refractivity contribution in [2.45, 2.75) is 35.3 Å². The molecule has 0 unspecified atom stereocenters. The summed E-state index contributed by atoms with van der Waals surface area (Å²) >= 11 is 0. The lowest BCUT2D eigenvalue weighted by Gasteiger charge is -2.39. The van der Waals surface area contributed by atoms with Gasteiger partial charge in [-0.1, -0.05) is 18.2 Å². The van der Waals surface area contributed by atoms with Crippen LogP contribution in [0.25, 0.3) is 0 Å². The van der Waals surface area contributed by atoms with E-state index in [1.165, 1.54) is 12.1 Å². The highest BCUT2D eigenvalue weighted by Crippen LogP contribution is 2.37. The molecule has 0 spiro atoms. The first-order chi connectivity index (χ1) is 18.7. The van der Waals surface area contributed by atoms with Crippen molar-refractivity contribution in [3.05, 3.63) is 54.6 Å². The first-order valence-corrected chi connectivity index (χ1v) is 14.8. The number of methoxy groups -OCH3 is 1. The number of hydrogen-bond acceptors (Lipinski definition) is 8. The van der Waals surface area contributed by atoms with Gasteiger partial charge in [-0.25, -0.2) is 13.9 Å². The largest absolute Gasteiger partial charge is 0.383 e. The van der Waals surface area contributed by atoms with Crippen LogP contribution in [0.4, 0.5) is 11.4 Å². The molecule has 0 aromatic heterocycles. The van der Waals surface area contributed by atoms with E-state index in [4.69, 9.17) is 4.74 Å². The molecule has 2 fully saturated rings. The molecule has 212 valence electrons. The molecule has 2 amide bonds.